The van der Waals surface area contributed by atoms with E-state index in [2.05, 4.69) is 15.9 Å². The van der Waals surface area contributed by atoms with Crippen molar-refractivity contribution in [3.05, 3.63) is 70.6 Å². The normalized spacial score (nSPS) is 12.8. The fourth-order valence-corrected chi connectivity index (χ4v) is 3.76. The molecule has 1 unspecified atom stereocenters. The van der Waals surface area contributed by atoms with E-state index >= 15 is 0 Å². The molecular formula is C15H9BrF2S. The third kappa shape index (κ3) is 2.55. The summed E-state index contributed by atoms with van der Waals surface area (Å²) in [5.74, 6) is -0.476. The number of fused-ring (bicyclic) bond motifs is 1. The first-order valence-electron chi connectivity index (χ1n) is 5.72. The van der Waals surface area contributed by atoms with Crippen LogP contribution in [0.15, 0.2) is 48.5 Å². The van der Waals surface area contributed by atoms with E-state index in [-0.39, 0.29) is 16.5 Å². The van der Waals surface area contributed by atoms with Gasteiger partial charge in [-0.1, -0.05) is 34.1 Å². The van der Waals surface area contributed by atoms with Crippen molar-refractivity contribution in [3.63, 3.8) is 0 Å². The maximum Gasteiger partial charge on any atom is 0.124 e. The molecule has 1 atom stereocenters. The van der Waals surface area contributed by atoms with E-state index in [1.165, 1.54) is 35.6 Å². The molecule has 1 aromatic heterocycles. The molecule has 0 aliphatic carbocycles. The Hall–Kier alpha value is -1.26. The molecule has 0 saturated heterocycles. The summed E-state index contributed by atoms with van der Waals surface area (Å²) in [6.45, 7) is 0. The quantitative estimate of drug-likeness (QED) is 0.528. The van der Waals surface area contributed by atoms with Crippen LogP contribution in [0.3, 0.4) is 0 Å². The van der Waals surface area contributed by atoms with Crippen LogP contribution in [0.25, 0.3) is 10.1 Å². The molecule has 0 N–H and O–H groups in total. The zero-order chi connectivity index (χ0) is 13.4. The molecule has 0 spiro atoms. The fourth-order valence-electron chi connectivity index (χ4n) is 1.95. The van der Waals surface area contributed by atoms with E-state index < -0.39 is 0 Å². The van der Waals surface area contributed by atoms with Crippen molar-refractivity contribution in [3.8, 4) is 0 Å². The van der Waals surface area contributed by atoms with Gasteiger partial charge in [0.1, 0.15) is 11.6 Å². The standard InChI is InChI=1S/C15H9BrF2S/c16-15(9-1-4-11(17)5-2-9)14-7-10-3-6-12(18)8-13(10)19-14/h1-8,15H. The van der Waals surface area contributed by atoms with E-state index in [4.69, 9.17) is 0 Å². The SMILES string of the molecule is Fc1ccc(C(Br)c2cc3ccc(F)cc3s2)cc1. The number of rotatable bonds is 2. The van der Waals surface area contributed by atoms with Crippen LogP contribution >= 0.6 is 27.3 Å². The van der Waals surface area contributed by atoms with Crippen LogP contribution in [0, 0.1) is 11.6 Å². The number of benzene rings is 2. The zero-order valence-corrected chi connectivity index (χ0v) is 12.1. The largest absolute Gasteiger partial charge is 0.207 e. The lowest BCUT2D eigenvalue weighted by Gasteiger charge is -2.07. The minimum atomic E-state index is -0.248. The van der Waals surface area contributed by atoms with Crippen molar-refractivity contribution in [2.75, 3.05) is 0 Å². The van der Waals surface area contributed by atoms with Crippen molar-refractivity contribution >= 4 is 37.4 Å². The Kier molecular flexibility index (Phi) is 3.37. The molecule has 3 rings (SSSR count). The van der Waals surface area contributed by atoms with Gasteiger partial charge in [0.2, 0.25) is 0 Å². The van der Waals surface area contributed by atoms with Gasteiger partial charge in [0, 0.05) is 9.58 Å². The molecule has 0 saturated carbocycles. The van der Waals surface area contributed by atoms with Gasteiger partial charge in [-0.25, -0.2) is 8.78 Å². The summed E-state index contributed by atoms with van der Waals surface area (Å²) in [7, 11) is 0. The fraction of sp³-hybridized carbons (Fsp3) is 0.0667. The van der Waals surface area contributed by atoms with E-state index in [1.54, 1.807) is 18.2 Å². The maximum atomic E-state index is 13.2. The Labute approximate surface area is 121 Å². The van der Waals surface area contributed by atoms with Crippen molar-refractivity contribution in [1.29, 1.82) is 0 Å². The van der Waals surface area contributed by atoms with Crippen LogP contribution in [0.1, 0.15) is 15.3 Å². The Morgan fingerprint density at radius 1 is 0.895 bits per heavy atom. The molecule has 0 aliphatic heterocycles. The first-order chi connectivity index (χ1) is 9.13. The van der Waals surface area contributed by atoms with Gasteiger partial charge in [-0.3, -0.25) is 0 Å². The van der Waals surface area contributed by atoms with Gasteiger partial charge in [0.25, 0.3) is 0 Å². The van der Waals surface area contributed by atoms with E-state index in [0.717, 1.165) is 20.5 Å². The molecule has 0 fully saturated rings. The second-order valence-electron chi connectivity index (χ2n) is 4.25. The maximum absolute atomic E-state index is 13.2. The average Bonchev–Trinajstić information content (AvgIpc) is 2.81. The Morgan fingerprint density at radius 3 is 2.32 bits per heavy atom. The summed E-state index contributed by atoms with van der Waals surface area (Å²) in [6, 6.07) is 13.2. The Bertz CT molecular complexity index is 719. The third-order valence-electron chi connectivity index (χ3n) is 2.91. The molecule has 2 aromatic carbocycles. The number of thiophene rings is 1. The predicted molar refractivity (Wildman–Crippen MR) is 79.0 cm³/mol. The van der Waals surface area contributed by atoms with Crippen LogP contribution in [0.5, 0.6) is 0 Å². The molecule has 0 amide bonds. The van der Waals surface area contributed by atoms with E-state index in [0.29, 0.717) is 0 Å². The minimum absolute atomic E-state index is 0.00596. The van der Waals surface area contributed by atoms with Crippen LogP contribution in [-0.4, -0.2) is 0 Å². The molecule has 0 nitrogen and oxygen atoms in total. The van der Waals surface area contributed by atoms with Crippen molar-refractivity contribution in [2.24, 2.45) is 0 Å². The van der Waals surface area contributed by atoms with E-state index in [9.17, 15) is 8.78 Å². The van der Waals surface area contributed by atoms with E-state index in [1.807, 2.05) is 6.07 Å². The lowest BCUT2D eigenvalue weighted by atomic mass is 10.1. The van der Waals surface area contributed by atoms with Crippen molar-refractivity contribution in [2.45, 2.75) is 4.83 Å². The molecule has 1 heterocycles. The zero-order valence-electron chi connectivity index (χ0n) is 9.74. The number of alkyl halides is 1. The molecule has 0 bridgehead atoms. The number of hydrogen-bond acceptors (Lipinski definition) is 1. The Balaban J connectivity index is 2.01. The van der Waals surface area contributed by atoms with Crippen LogP contribution < -0.4 is 0 Å². The lowest BCUT2D eigenvalue weighted by Crippen LogP contribution is -1.89. The van der Waals surface area contributed by atoms with Crippen LogP contribution in [0.4, 0.5) is 8.78 Å². The van der Waals surface area contributed by atoms with Gasteiger partial charge in [-0.15, -0.1) is 11.3 Å². The first kappa shape index (κ1) is 12.8. The van der Waals surface area contributed by atoms with Gasteiger partial charge in [-0.2, -0.15) is 0 Å². The predicted octanol–water partition coefficient (Wildman–Crippen LogP) is 5.66. The highest BCUT2D eigenvalue weighted by Gasteiger charge is 2.14. The second kappa shape index (κ2) is 5.02. The Morgan fingerprint density at radius 2 is 1.58 bits per heavy atom. The summed E-state index contributed by atoms with van der Waals surface area (Å²) < 4.78 is 27.0. The van der Waals surface area contributed by atoms with Gasteiger partial charge in [0.15, 0.2) is 0 Å². The second-order valence-corrected chi connectivity index (χ2v) is 6.28. The highest BCUT2D eigenvalue weighted by Crippen LogP contribution is 2.38. The monoisotopic (exact) mass is 338 g/mol. The number of halogens is 3. The molecule has 0 aliphatic rings. The topological polar surface area (TPSA) is 0 Å². The van der Waals surface area contributed by atoms with Crippen molar-refractivity contribution < 1.29 is 8.78 Å². The highest BCUT2D eigenvalue weighted by atomic mass is 79.9. The summed E-state index contributed by atoms with van der Waals surface area (Å²) in [5.41, 5.74) is 0.980. The summed E-state index contributed by atoms with van der Waals surface area (Å²) in [6.07, 6.45) is 0. The lowest BCUT2D eigenvalue weighted by molar-refractivity contribution is 0.627. The summed E-state index contributed by atoms with van der Waals surface area (Å²) >= 11 is 5.15. The molecular weight excluding hydrogens is 330 g/mol. The summed E-state index contributed by atoms with van der Waals surface area (Å²) in [4.78, 5) is 1.07. The van der Waals surface area contributed by atoms with Gasteiger partial charge in [-0.05, 0) is 41.3 Å². The van der Waals surface area contributed by atoms with Gasteiger partial charge in [0.05, 0.1) is 4.83 Å². The first-order valence-corrected chi connectivity index (χ1v) is 7.45. The minimum Gasteiger partial charge on any atom is -0.207 e. The summed E-state index contributed by atoms with van der Waals surface area (Å²) in [5, 5.41) is 1.02. The van der Waals surface area contributed by atoms with Crippen molar-refractivity contribution in [1.82, 2.24) is 0 Å². The average molecular weight is 339 g/mol. The highest BCUT2D eigenvalue weighted by molar-refractivity contribution is 9.09. The smallest absolute Gasteiger partial charge is 0.124 e. The number of hydrogen-bond donors (Lipinski definition) is 0. The van der Waals surface area contributed by atoms with Crippen LogP contribution in [0.2, 0.25) is 0 Å². The molecule has 4 heteroatoms. The molecule has 96 valence electrons. The molecule has 3 aromatic rings. The molecule has 0 radical (unpaired) electrons. The van der Waals surface area contributed by atoms with Gasteiger partial charge < -0.3 is 0 Å². The molecule has 19 heavy (non-hydrogen) atoms. The van der Waals surface area contributed by atoms with Crippen LogP contribution in [-0.2, 0) is 0 Å². The van der Waals surface area contributed by atoms with Gasteiger partial charge >= 0.3 is 0 Å². The third-order valence-corrected chi connectivity index (χ3v) is 5.40.